The third kappa shape index (κ3) is 2.87. The Labute approximate surface area is 117 Å². The Hall–Kier alpha value is -1.01. The molecule has 1 aliphatic heterocycles. The van der Waals surface area contributed by atoms with Gasteiger partial charge < -0.3 is 0 Å². The van der Waals surface area contributed by atoms with Gasteiger partial charge in [-0.3, -0.25) is 19.3 Å². The van der Waals surface area contributed by atoms with E-state index in [9.17, 15) is 14.4 Å². The quantitative estimate of drug-likeness (QED) is 0.632. The lowest BCUT2D eigenvalue weighted by molar-refractivity contribution is -0.149. The van der Waals surface area contributed by atoms with E-state index in [1.807, 2.05) is 6.92 Å². The Morgan fingerprint density at radius 1 is 1.39 bits per heavy atom. The van der Waals surface area contributed by atoms with Crippen LogP contribution in [0.3, 0.4) is 0 Å². The smallest absolute Gasteiger partial charge is 0.229 e. The lowest BCUT2D eigenvalue weighted by Crippen LogP contribution is -2.45. The third-order valence-electron chi connectivity index (χ3n) is 2.80. The topological polar surface area (TPSA) is 54.5 Å². The highest BCUT2D eigenvalue weighted by Crippen LogP contribution is 2.24. The van der Waals surface area contributed by atoms with Crippen LogP contribution < -0.4 is 0 Å². The van der Waals surface area contributed by atoms with Gasteiger partial charge in [0.1, 0.15) is 0 Å². The second-order valence-corrected chi connectivity index (χ2v) is 6.88. The van der Waals surface area contributed by atoms with Gasteiger partial charge >= 0.3 is 0 Å². The van der Waals surface area contributed by atoms with E-state index in [0.29, 0.717) is 17.7 Å². The van der Waals surface area contributed by atoms with E-state index in [-0.39, 0.29) is 30.1 Å². The predicted molar refractivity (Wildman–Crippen MR) is 71.5 cm³/mol. The molecule has 96 valence electrons. The van der Waals surface area contributed by atoms with Crippen molar-refractivity contribution in [3.63, 3.8) is 0 Å². The summed E-state index contributed by atoms with van der Waals surface area (Å²) in [7, 11) is 0. The second kappa shape index (κ2) is 5.32. The second-order valence-electron chi connectivity index (χ2n) is 4.41. The van der Waals surface area contributed by atoms with E-state index < -0.39 is 0 Å². The summed E-state index contributed by atoms with van der Waals surface area (Å²) in [5, 5.41) is 0. The lowest BCUT2D eigenvalue weighted by Gasteiger charge is -2.27. The monoisotopic (exact) mass is 329 g/mol. The lowest BCUT2D eigenvalue weighted by atomic mass is 9.97. The summed E-state index contributed by atoms with van der Waals surface area (Å²) in [5.74, 6) is -0.611. The minimum absolute atomic E-state index is 0.0761. The van der Waals surface area contributed by atoms with Crippen LogP contribution in [0.1, 0.15) is 29.4 Å². The Kier molecular flexibility index (Phi) is 3.97. The number of amides is 2. The van der Waals surface area contributed by atoms with Crippen molar-refractivity contribution >= 4 is 44.9 Å². The molecule has 0 radical (unpaired) electrons. The van der Waals surface area contributed by atoms with Gasteiger partial charge in [-0.05, 0) is 34.0 Å². The number of rotatable bonds is 3. The molecule has 0 aromatic carbocycles. The minimum atomic E-state index is -0.247. The summed E-state index contributed by atoms with van der Waals surface area (Å²) in [5.41, 5.74) is 0. The van der Waals surface area contributed by atoms with Crippen LogP contribution in [0.5, 0.6) is 0 Å². The zero-order valence-corrected chi connectivity index (χ0v) is 12.2. The van der Waals surface area contributed by atoms with Gasteiger partial charge in [0.05, 0.1) is 15.2 Å². The SMILES string of the molecule is CC1CC(=O)N(CC(=O)c2ccc(Br)s2)C(=O)C1. The van der Waals surface area contributed by atoms with Gasteiger partial charge in [-0.15, -0.1) is 11.3 Å². The normalized spacial score (nSPS) is 17.3. The molecule has 4 nitrogen and oxygen atoms in total. The predicted octanol–water partition coefficient (Wildman–Crippen LogP) is 2.48. The number of likely N-dealkylation sites (tertiary alicyclic amines) is 1. The number of carbonyl (C=O) groups is 3. The maximum Gasteiger partial charge on any atom is 0.229 e. The van der Waals surface area contributed by atoms with E-state index >= 15 is 0 Å². The Morgan fingerprint density at radius 3 is 2.50 bits per heavy atom. The zero-order valence-electron chi connectivity index (χ0n) is 9.81. The first-order valence-corrected chi connectivity index (χ1v) is 7.20. The van der Waals surface area contributed by atoms with Gasteiger partial charge in [0, 0.05) is 12.8 Å². The zero-order chi connectivity index (χ0) is 13.3. The van der Waals surface area contributed by atoms with Crippen molar-refractivity contribution in [3.8, 4) is 0 Å². The van der Waals surface area contributed by atoms with E-state index in [1.165, 1.54) is 11.3 Å². The fourth-order valence-electron chi connectivity index (χ4n) is 1.89. The number of carbonyl (C=O) groups excluding carboxylic acids is 3. The molecule has 0 atom stereocenters. The molecule has 0 N–H and O–H groups in total. The van der Waals surface area contributed by atoms with Crippen LogP contribution in [0.2, 0.25) is 0 Å². The largest absolute Gasteiger partial charge is 0.291 e. The molecule has 6 heteroatoms. The standard InChI is InChI=1S/C12H12BrNO3S/c1-7-4-11(16)14(12(17)5-7)6-8(15)9-2-3-10(13)18-9/h2-3,7H,4-6H2,1H3. The average molecular weight is 330 g/mol. The fraction of sp³-hybridized carbons (Fsp3) is 0.417. The van der Waals surface area contributed by atoms with Crippen molar-refractivity contribution in [1.82, 2.24) is 4.90 Å². The molecule has 18 heavy (non-hydrogen) atoms. The summed E-state index contributed by atoms with van der Waals surface area (Å²) in [6.07, 6.45) is 0.681. The molecule has 2 heterocycles. The number of hydrogen-bond donors (Lipinski definition) is 0. The Balaban J connectivity index is 2.07. The Morgan fingerprint density at radius 2 is 2.00 bits per heavy atom. The molecule has 0 aliphatic carbocycles. The summed E-state index contributed by atoms with van der Waals surface area (Å²) >= 11 is 4.58. The molecule has 2 amide bonds. The molecule has 1 aliphatic rings. The van der Waals surface area contributed by atoms with Crippen molar-refractivity contribution in [2.24, 2.45) is 5.92 Å². The molecule has 1 fully saturated rings. The molecular weight excluding hydrogens is 318 g/mol. The van der Waals surface area contributed by atoms with Crippen LogP contribution in [0.4, 0.5) is 0 Å². The van der Waals surface area contributed by atoms with Crippen molar-refractivity contribution in [2.75, 3.05) is 6.54 Å². The third-order valence-corrected chi connectivity index (χ3v) is 4.46. The first kappa shape index (κ1) is 13.4. The number of imide groups is 1. The number of piperidine rings is 1. The summed E-state index contributed by atoms with van der Waals surface area (Å²) in [6.45, 7) is 1.72. The van der Waals surface area contributed by atoms with Crippen LogP contribution in [0, 0.1) is 5.92 Å². The number of nitrogens with zero attached hydrogens (tertiary/aromatic N) is 1. The van der Waals surface area contributed by atoms with E-state index in [0.717, 1.165) is 8.69 Å². The molecular formula is C12H12BrNO3S. The number of thiophene rings is 1. The first-order valence-electron chi connectivity index (χ1n) is 5.59. The van der Waals surface area contributed by atoms with E-state index in [4.69, 9.17) is 0 Å². The molecule has 1 saturated heterocycles. The highest BCUT2D eigenvalue weighted by atomic mass is 79.9. The molecule has 0 unspecified atom stereocenters. The van der Waals surface area contributed by atoms with Gasteiger partial charge in [-0.1, -0.05) is 6.92 Å². The van der Waals surface area contributed by atoms with Crippen molar-refractivity contribution in [1.29, 1.82) is 0 Å². The van der Waals surface area contributed by atoms with E-state index in [1.54, 1.807) is 12.1 Å². The van der Waals surface area contributed by atoms with Gasteiger partial charge in [0.2, 0.25) is 11.8 Å². The van der Waals surface area contributed by atoms with Crippen molar-refractivity contribution in [3.05, 3.63) is 20.8 Å². The maximum atomic E-state index is 11.9. The summed E-state index contributed by atoms with van der Waals surface area (Å²) in [4.78, 5) is 37.0. The first-order chi connectivity index (χ1) is 8.47. The average Bonchev–Trinajstić information content (AvgIpc) is 2.70. The number of hydrogen-bond acceptors (Lipinski definition) is 4. The van der Waals surface area contributed by atoms with Crippen LogP contribution in [-0.2, 0) is 9.59 Å². The highest BCUT2D eigenvalue weighted by molar-refractivity contribution is 9.11. The van der Waals surface area contributed by atoms with Crippen molar-refractivity contribution in [2.45, 2.75) is 19.8 Å². The van der Waals surface area contributed by atoms with Gasteiger partial charge in [0.25, 0.3) is 0 Å². The number of ketones is 1. The van der Waals surface area contributed by atoms with Crippen LogP contribution in [0.15, 0.2) is 15.9 Å². The summed E-state index contributed by atoms with van der Waals surface area (Å²) in [6, 6.07) is 3.47. The number of halogens is 1. The molecule has 2 rings (SSSR count). The van der Waals surface area contributed by atoms with Crippen LogP contribution >= 0.6 is 27.3 Å². The molecule has 1 aromatic heterocycles. The minimum Gasteiger partial charge on any atom is -0.291 e. The molecule has 1 aromatic rings. The van der Waals surface area contributed by atoms with Crippen LogP contribution in [0.25, 0.3) is 0 Å². The van der Waals surface area contributed by atoms with Crippen molar-refractivity contribution < 1.29 is 14.4 Å². The van der Waals surface area contributed by atoms with E-state index in [2.05, 4.69) is 15.9 Å². The van der Waals surface area contributed by atoms with Gasteiger partial charge in [0.15, 0.2) is 5.78 Å². The van der Waals surface area contributed by atoms with Gasteiger partial charge in [-0.2, -0.15) is 0 Å². The summed E-state index contributed by atoms with van der Waals surface area (Å²) < 4.78 is 0.857. The highest BCUT2D eigenvalue weighted by Gasteiger charge is 2.31. The molecule has 0 spiro atoms. The fourth-order valence-corrected chi connectivity index (χ4v) is 3.21. The number of Topliss-reactive ketones (excluding diaryl/α,β-unsaturated/α-hetero) is 1. The molecule has 0 saturated carbocycles. The Bertz CT molecular complexity index is 493. The van der Waals surface area contributed by atoms with Gasteiger partial charge in [-0.25, -0.2) is 0 Å². The van der Waals surface area contributed by atoms with Crippen LogP contribution in [-0.4, -0.2) is 29.0 Å². The molecule has 0 bridgehead atoms. The maximum absolute atomic E-state index is 11.9.